The number of nitrogen functional groups attached to an aromatic ring is 1. The smallest absolute Gasteiger partial charge is 0.215 e. The number of nitrogens with zero attached hydrogens (tertiary/aromatic N) is 3. The van der Waals surface area contributed by atoms with Gasteiger partial charge in [-0.2, -0.15) is 8.75 Å². The third-order valence-corrected chi connectivity index (χ3v) is 5.14. The molecule has 0 spiro atoms. The molecule has 1 aromatic carbocycles. The fraction of sp³-hybridized carbons (Fsp3) is 0.286. The first-order valence-electron chi connectivity index (χ1n) is 9.09. The quantitative estimate of drug-likeness (QED) is 0.364. The summed E-state index contributed by atoms with van der Waals surface area (Å²) in [5.41, 5.74) is 9.71. The highest BCUT2D eigenvalue weighted by Gasteiger charge is 2.20. The molecule has 8 heteroatoms. The minimum absolute atomic E-state index is 0.0134. The van der Waals surface area contributed by atoms with Crippen LogP contribution in [0.25, 0.3) is 21.9 Å². The molecular weight excluding hydrogens is 389 g/mol. The lowest BCUT2D eigenvalue weighted by molar-refractivity contribution is 0.575. The summed E-state index contributed by atoms with van der Waals surface area (Å²) in [6.07, 6.45) is 5.75. The summed E-state index contributed by atoms with van der Waals surface area (Å²) < 4.78 is 30.5. The lowest BCUT2D eigenvalue weighted by atomic mass is 9.91. The summed E-state index contributed by atoms with van der Waals surface area (Å²) in [7, 11) is -2.46. The molecule has 0 bridgehead atoms. The van der Waals surface area contributed by atoms with Gasteiger partial charge in [-0.3, -0.25) is 0 Å². The van der Waals surface area contributed by atoms with Gasteiger partial charge in [0.15, 0.2) is 5.82 Å². The largest absolute Gasteiger partial charge is 0.398 e. The molecule has 0 fully saturated rings. The molecule has 29 heavy (non-hydrogen) atoms. The normalized spacial score (nSPS) is 11.8. The molecule has 0 radical (unpaired) electrons. The topological polar surface area (TPSA) is 105 Å². The number of hydrogen-bond acceptors (Lipinski definition) is 6. The number of pyridine rings is 2. The highest BCUT2D eigenvalue weighted by Crippen LogP contribution is 2.40. The number of anilines is 1. The van der Waals surface area contributed by atoms with E-state index in [-0.39, 0.29) is 5.92 Å². The lowest BCUT2D eigenvalue weighted by Crippen LogP contribution is -2.03. The Balaban J connectivity index is 2.57. The lowest BCUT2D eigenvalue weighted by Gasteiger charge is -2.18. The Hall–Kier alpha value is -2.87. The van der Waals surface area contributed by atoms with Gasteiger partial charge in [0.2, 0.25) is 5.95 Å². The van der Waals surface area contributed by atoms with Crippen LogP contribution in [0.15, 0.2) is 28.8 Å². The molecule has 0 unspecified atom stereocenters. The molecule has 0 atom stereocenters. The Morgan fingerprint density at radius 2 is 1.93 bits per heavy atom. The van der Waals surface area contributed by atoms with Crippen molar-refractivity contribution in [3.8, 4) is 11.1 Å². The Labute approximate surface area is 170 Å². The van der Waals surface area contributed by atoms with Gasteiger partial charge in [0, 0.05) is 68.0 Å². The first-order valence-corrected chi connectivity index (χ1v) is 11.4. The van der Waals surface area contributed by atoms with Crippen LogP contribution in [0.3, 0.4) is 0 Å². The summed E-state index contributed by atoms with van der Waals surface area (Å²) in [5.74, 6) is -0.165. The van der Waals surface area contributed by atoms with Crippen LogP contribution in [0.4, 0.5) is 15.9 Å². The first-order chi connectivity index (χ1) is 13.5. The van der Waals surface area contributed by atoms with Crippen molar-refractivity contribution < 1.29 is 8.60 Å². The molecular formula is C21H24FN5OS. The molecule has 0 aliphatic carbocycles. The predicted octanol–water partition coefficient (Wildman–Crippen LogP) is 4.81. The van der Waals surface area contributed by atoms with Crippen LogP contribution in [-0.2, 0) is 9.73 Å². The SMILES string of the molecule is Cc1cc(-c2c(C(C)C)nc(N=S(C)(C)=O)c3cc(N)c(C=N)cc23)cnc1F. The second-order valence-corrected chi connectivity index (χ2v) is 10.2. The van der Waals surface area contributed by atoms with Crippen molar-refractivity contribution >= 4 is 38.2 Å². The zero-order chi connectivity index (χ0) is 21.5. The van der Waals surface area contributed by atoms with E-state index in [1.165, 1.54) is 12.4 Å². The van der Waals surface area contributed by atoms with E-state index in [9.17, 15) is 8.60 Å². The molecule has 3 rings (SSSR count). The van der Waals surface area contributed by atoms with E-state index in [4.69, 9.17) is 16.1 Å². The van der Waals surface area contributed by atoms with Crippen LogP contribution in [0.5, 0.6) is 0 Å². The van der Waals surface area contributed by atoms with Crippen molar-refractivity contribution in [3.05, 3.63) is 47.2 Å². The molecule has 0 saturated heterocycles. The molecule has 0 saturated carbocycles. The van der Waals surface area contributed by atoms with Gasteiger partial charge in [-0.15, -0.1) is 0 Å². The van der Waals surface area contributed by atoms with Gasteiger partial charge in [-0.1, -0.05) is 13.8 Å². The van der Waals surface area contributed by atoms with Crippen LogP contribution in [0.1, 0.15) is 36.6 Å². The number of nitrogens with one attached hydrogen (secondary N) is 1. The number of aromatic nitrogens is 2. The molecule has 0 aliphatic heterocycles. The number of benzene rings is 1. The first kappa shape index (κ1) is 20.9. The summed E-state index contributed by atoms with van der Waals surface area (Å²) in [6, 6.07) is 5.22. The van der Waals surface area contributed by atoms with E-state index >= 15 is 0 Å². The number of hydrogen-bond donors (Lipinski definition) is 2. The third-order valence-electron chi connectivity index (χ3n) is 4.53. The minimum atomic E-state index is -2.46. The van der Waals surface area contributed by atoms with Crippen molar-refractivity contribution in [2.24, 2.45) is 4.36 Å². The molecule has 152 valence electrons. The summed E-state index contributed by atoms with van der Waals surface area (Å²) in [4.78, 5) is 8.60. The van der Waals surface area contributed by atoms with Crippen LogP contribution in [-0.4, -0.2) is 32.9 Å². The third kappa shape index (κ3) is 4.12. The maximum Gasteiger partial charge on any atom is 0.215 e. The number of aryl methyl sites for hydroxylation is 1. The van der Waals surface area contributed by atoms with Crippen LogP contribution >= 0.6 is 0 Å². The Kier molecular flexibility index (Phi) is 5.40. The van der Waals surface area contributed by atoms with Crippen molar-refractivity contribution in [1.29, 1.82) is 5.41 Å². The number of halogens is 1. The second-order valence-electron chi connectivity index (χ2n) is 7.63. The monoisotopic (exact) mass is 413 g/mol. The molecule has 3 aromatic rings. The highest BCUT2D eigenvalue weighted by atomic mass is 32.2. The molecule has 0 amide bonds. The van der Waals surface area contributed by atoms with Crippen LogP contribution in [0, 0.1) is 18.3 Å². The molecule has 3 N–H and O–H groups in total. The standard InChI is InChI=1S/C21H24FN5OS/c1-11(2)19-18(14-6-12(3)20(22)25-10-14)15-7-13(9-23)17(24)8-16(15)21(26-19)27-29(4,5)28/h6-11,23H,24H2,1-5H3. The fourth-order valence-corrected chi connectivity index (χ4v) is 3.77. The zero-order valence-corrected chi connectivity index (χ0v) is 17.9. The van der Waals surface area contributed by atoms with E-state index in [1.807, 2.05) is 13.8 Å². The van der Waals surface area contributed by atoms with Gasteiger partial charge in [-0.05, 0) is 36.4 Å². The number of nitrogens with two attached hydrogens (primary N) is 1. The number of fused-ring (bicyclic) bond motifs is 1. The van der Waals surface area contributed by atoms with Gasteiger partial charge in [0.25, 0.3) is 0 Å². The maximum atomic E-state index is 13.8. The highest BCUT2D eigenvalue weighted by molar-refractivity contribution is 7.92. The van der Waals surface area contributed by atoms with Crippen molar-refractivity contribution in [2.45, 2.75) is 26.7 Å². The van der Waals surface area contributed by atoms with E-state index in [0.29, 0.717) is 33.6 Å². The van der Waals surface area contributed by atoms with Gasteiger partial charge >= 0.3 is 0 Å². The van der Waals surface area contributed by atoms with E-state index < -0.39 is 15.7 Å². The zero-order valence-electron chi connectivity index (χ0n) is 17.1. The van der Waals surface area contributed by atoms with Gasteiger partial charge in [-0.25, -0.2) is 14.2 Å². The van der Waals surface area contributed by atoms with Gasteiger partial charge in [0.1, 0.15) is 0 Å². The fourth-order valence-electron chi connectivity index (χ4n) is 3.21. The molecule has 2 aromatic heterocycles. The average Bonchev–Trinajstić information content (AvgIpc) is 2.62. The second kappa shape index (κ2) is 7.51. The predicted molar refractivity (Wildman–Crippen MR) is 118 cm³/mol. The van der Waals surface area contributed by atoms with Gasteiger partial charge < -0.3 is 11.1 Å². The molecule has 6 nitrogen and oxygen atoms in total. The Morgan fingerprint density at radius 3 is 2.48 bits per heavy atom. The number of rotatable bonds is 4. The van der Waals surface area contributed by atoms with Crippen molar-refractivity contribution in [1.82, 2.24) is 9.97 Å². The summed E-state index contributed by atoms with van der Waals surface area (Å²) in [6.45, 7) is 5.65. The van der Waals surface area contributed by atoms with E-state index in [2.05, 4.69) is 9.35 Å². The minimum Gasteiger partial charge on any atom is -0.398 e. The molecule has 2 heterocycles. The summed E-state index contributed by atoms with van der Waals surface area (Å²) >= 11 is 0. The van der Waals surface area contributed by atoms with Crippen LogP contribution in [0.2, 0.25) is 0 Å². The van der Waals surface area contributed by atoms with Crippen molar-refractivity contribution in [3.63, 3.8) is 0 Å². The van der Waals surface area contributed by atoms with Gasteiger partial charge in [0.05, 0.1) is 5.69 Å². The molecule has 0 aliphatic rings. The average molecular weight is 414 g/mol. The Bertz CT molecular complexity index is 1250. The van der Waals surface area contributed by atoms with Crippen LogP contribution < -0.4 is 5.73 Å². The Morgan fingerprint density at radius 1 is 1.24 bits per heavy atom. The van der Waals surface area contributed by atoms with E-state index in [0.717, 1.165) is 16.6 Å². The maximum absolute atomic E-state index is 13.8. The van der Waals surface area contributed by atoms with E-state index in [1.54, 1.807) is 37.6 Å². The van der Waals surface area contributed by atoms with Crippen molar-refractivity contribution in [2.75, 3.05) is 18.2 Å². The summed E-state index contributed by atoms with van der Waals surface area (Å²) in [5, 5.41) is 9.07.